The summed E-state index contributed by atoms with van der Waals surface area (Å²) in [6.07, 6.45) is 1.64. The fourth-order valence-electron chi connectivity index (χ4n) is 3.23. The summed E-state index contributed by atoms with van der Waals surface area (Å²) < 4.78 is 0. The zero-order chi connectivity index (χ0) is 17.4. The maximum absolute atomic E-state index is 4.47. The minimum atomic E-state index is 0.888. The molecule has 0 spiro atoms. The number of fused-ring (bicyclic) bond motifs is 1. The van der Waals surface area contributed by atoms with Gasteiger partial charge < -0.3 is 15.1 Å². The number of aromatic nitrogens is 2. The number of hydrogen-bond donors (Lipinski definition) is 1. The Hall–Kier alpha value is -2.18. The lowest BCUT2D eigenvalue weighted by atomic mass is 10.2. The van der Waals surface area contributed by atoms with Gasteiger partial charge in [0.05, 0.1) is 5.39 Å². The number of nitrogens with zero attached hydrogens (tertiary/aromatic N) is 4. The monoisotopic (exact) mass is 353 g/mol. The number of thiophene rings is 1. The van der Waals surface area contributed by atoms with Gasteiger partial charge in [-0.1, -0.05) is 0 Å². The molecule has 25 heavy (non-hydrogen) atoms. The Bertz CT molecular complexity index is 879. The number of piperazine rings is 1. The molecule has 6 heteroatoms. The van der Waals surface area contributed by atoms with Crippen LogP contribution in [-0.4, -0.2) is 48.1 Å². The first-order chi connectivity index (χ1) is 12.1. The molecule has 0 saturated carbocycles. The van der Waals surface area contributed by atoms with E-state index in [0.717, 1.165) is 47.9 Å². The highest BCUT2D eigenvalue weighted by Crippen LogP contribution is 2.34. The highest BCUT2D eigenvalue weighted by Gasteiger charge is 2.15. The number of aryl methyl sites for hydroxylation is 2. The molecule has 1 saturated heterocycles. The summed E-state index contributed by atoms with van der Waals surface area (Å²) in [5.74, 6) is 0.888. The number of likely N-dealkylation sites (N-methyl/N-ethyl adjacent to an activating group) is 1. The first-order valence-corrected chi connectivity index (χ1v) is 9.45. The lowest BCUT2D eigenvalue weighted by molar-refractivity contribution is 0.313. The lowest BCUT2D eigenvalue weighted by Crippen LogP contribution is -2.44. The van der Waals surface area contributed by atoms with Crippen LogP contribution in [0.15, 0.2) is 30.6 Å². The normalized spacial score (nSPS) is 15.7. The first-order valence-electron chi connectivity index (χ1n) is 8.63. The second kappa shape index (κ2) is 6.61. The Kier molecular flexibility index (Phi) is 4.31. The standard InChI is InChI=1S/C19H23N5S/c1-13-14(2)25-19-17(13)18(20-12-21-19)22-15-4-6-16(7-5-15)24-10-8-23(3)9-11-24/h4-7,12H,8-11H2,1-3H3,(H,20,21,22). The Labute approximate surface area is 152 Å². The molecule has 3 heterocycles. The van der Waals surface area contributed by atoms with Gasteiger partial charge in [0.1, 0.15) is 17.0 Å². The van der Waals surface area contributed by atoms with Gasteiger partial charge in [0, 0.05) is 42.4 Å². The molecule has 0 bridgehead atoms. The van der Waals surface area contributed by atoms with Crippen molar-refractivity contribution in [2.75, 3.05) is 43.4 Å². The van der Waals surface area contributed by atoms with E-state index in [0.29, 0.717) is 0 Å². The van der Waals surface area contributed by atoms with Crippen molar-refractivity contribution in [3.63, 3.8) is 0 Å². The van der Waals surface area contributed by atoms with Crippen LogP contribution >= 0.6 is 11.3 Å². The molecule has 3 aromatic rings. The fraction of sp³-hybridized carbons (Fsp3) is 0.368. The molecule has 0 radical (unpaired) electrons. The van der Waals surface area contributed by atoms with Crippen molar-refractivity contribution in [2.24, 2.45) is 0 Å². The van der Waals surface area contributed by atoms with Crippen LogP contribution in [0.2, 0.25) is 0 Å². The van der Waals surface area contributed by atoms with Crippen LogP contribution < -0.4 is 10.2 Å². The highest BCUT2D eigenvalue weighted by molar-refractivity contribution is 7.18. The van der Waals surface area contributed by atoms with E-state index in [1.165, 1.54) is 16.1 Å². The molecule has 1 aliphatic rings. The third kappa shape index (κ3) is 3.19. The molecule has 1 aliphatic heterocycles. The summed E-state index contributed by atoms with van der Waals surface area (Å²) in [7, 11) is 2.18. The SMILES string of the molecule is Cc1sc2ncnc(Nc3ccc(N4CCN(C)CC4)cc3)c2c1C. The van der Waals surface area contributed by atoms with Gasteiger partial charge in [-0.2, -0.15) is 0 Å². The average molecular weight is 353 g/mol. The highest BCUT2D eigenvalue weighted by atomic mass is 32.1. The molecular formula is C19H23N5S. The number of rotatable bonds is 3. The maximum atomic E-state index is 4.47. The Morgan fingerprint density at radius 1 is 1.00 bits per heavy atom. The van der Waals surface area contributed by atoms with Crippen molar-refractivity contribution < 1.29 is 0 Å². The van der Waals surface area contributed by atoms with Gasteiger partial charge in [-0.3, -0.25) is 0 Å². The molecule has 0 aliphatic carbocycles. The van der Waals surface area contributed by atoms with Crippen molar-refractivity contribution in [3.05, 3.63) is 41.0 Å². The summed E-state index contributed by atoms with van der Waals surface area (Å²) in [6.45, 7) is 8.69. The van der Waals surface area contributed by atoms with E-state index in [9.17, 15) is 0 Å². The molecule has 1 fully saturated rings. The molecule has 1 N–H and O–H groups in total. The molecule has 0 atom stereocenters. The predicted molar refractivity (Wildman–Crippen MR) is 106 cm³/mol. The van der Waals surface area contributed by atoms with Crippen LogP contribution in [0.5, 0.6) is 0 Å². The number of hydrogen-bond acceptors (Lipinski definition) is 6. The minimum absolute atomic E-state index is 0.888. The van der Waals surface area contributed by atoms with Crippen molar-refractivity contribution in [1.82, 2.24) is 14.9 Å². The summed E-state index contributed by atoms with van der Waals surface area (Å²) in [4.78, 5) is 16.0. The van der Waals surface area contributed by atoms with Crippen LogP contribution in [0, 0.1) is 13.8 Å². The summed E-state index contributed by atoms with van der Waals surface area (Å²) in [6, 6.07) is 8.65. The summed E-state index contributed by atoms with van der Waals surface area (Å²) in [5, 5.41) is 4.60. The van der Waals surface area contributed by atoms with Crippen molar-refractivity contribution >= 4 is 38.7 Å². The molecule has 0 unspecified atom stereocenters. The predicted octanol–water partition coefficient (Wildman–Crippen LogP) is 3.80. The third-order valence-electron chi connectivity index (χ3n) is 4.96. The van der Waals surface area contributed by atoms with Crippen LogP contribution in [0.25, 0.3) is 10.2 Å². The van der Waals surface area contributed by atoms with E-state index in [4.69, 9.17) is 0 Å². The van der Waals surface area contributed by atoms with Gasteiger partial charge in [0.15, 0.2) is 0 Å². The Morgan fingerprint density at radius 3 is 2.44 bits per heavy atom. The minimum Gasteiger partial charge on any atom is -0.369 e. The zero-order valence-electron chi connectivity index (χ0n) is 14.9. The van der Waals surface area contributed by atoms with Gasteiger partial charge in [0.2, 0.25) is 0 Å². The largest absolute Gasteiger partial charge is 0.369 e. The molecule has 1 aromatic carbocycles. The molecule has 0 amide bonds. The molecular weight excluding hydrogens is 330 g/mol. The second-order valence-corrected chi connectivity index (χ2v) is 7.85. The van der Waals surface area contributed by atoms with Gasteiger partial charge in [-0.15, -0.1) is 11.3 Å². The van der Waals surface area contributed by atoms with Gasteiger partial charge in [-0.05, 0) is 50.7 Å². The summed E-state index contributed by atoms with van der Waals surface area (Å²) in [5.41, 5.74) is 3.60. The van der Waals surface area contributed by atoms with Crippen molar-refractivity contribution in [2.45, 2.75) is 13.8 Å². The second-order valence-electron chi connectivity index (χ2n) is 6.65. The van der Waals surface area contributed by atoms with Crippen molar-refractivity contribution in [3.8, 4) is 0 Å². The van der Waals surface area contributed by atoms with E-state index in [1.54, 1.807) is 17.7 Å². The average Bonchev–Trinajstić information content (AvgIpc) is 2.92. The van der Waals surface area contributed by atoms with Crippen molar-refractivity contribution in [1.29, 1.82) is 0 Å². The zero-order valence-corrected chi connectivity index (χ0v) is 15.7. The molecule has 4 rings (SSSR count). The van der Waals surface area contributed by atoms with E-state index in [-0.39, 0.29) is 0 Å². The van der Waals surface area contributed by atoms with Crippen LogP contribution in [0.1, 0.15) is 10.4 Å². The summed E-state index contributed by atoms with van der Waals surface area (Å²) >= 11 is 1.72. The quantitative estimate of drug-likeness (QED) is 0.776. The Morgan fingerprint density at radius 2 is 1.72 bits per heavy atom. The smallest absolute Gasteiger partial charge is 0.142 e. The van der Waals surface area contributed by atoms with Crippen LogP contribution in [0.3, 0.4) is 0 Å². The van der Waals surface area contributed by atoms with E-state index >= 15 is 0 Å². The van der Waals surface area contributed by atoms with Gasteiger partial charge in [-0.25, -0.2) is 9.97 Å². The number of anilines is 3. The van der Waals surface area contributed by atoms with Crippen LogP contribution in [-0.2, 0) is 0 Å². The third-order valence-corrected chi connectivity index (χ3v) is 6.08. The maximum Gasteiger partial charge on any atom is 0.142 e. The number of nitrogens with one attached hydrogen (secondary N) is 1. The van der Waals surface area contributed by atoms with E-state index < -0.39 is 0 Å². The van der Waals surface area contributed by atoms with Gasteiger partial charge in [0.25, 0.3) is 0 Å². The first kappa shape index (κ1) is 16.3. The lowest BCUT2D eigenvalue weighted by Gasteiger charge is -2.34. The van der Waals surface area contributed by atoms with Gasteiger partial charge >= 0.3 is 0 Å². The Balaban J connectivity index is 1.56. The fourth-order valence-corrected chi connectivity index (χ4v) is 4.23. The molecule has 2 aromatic heterocycles. The molecule has 5 nitrogen and oxygen atoms in total. The van der Waals surface area contributed by atoms with E-state index in [2.05, 4.69) is 70.2 Å². The molecule has 130 valence electrons. The van der Waals surface area contributed by atoms with Crippen LogP contribution in [0.4, 0.5) is 17.2 Å². The number of benzene rings is 1. The van der Waals surface area contributed by atoms with E-state index in [1.807, 2.05) is 0 Å². The topological polar surface area (TPSA) is 44.3 Å².